The Balaban J connectivity index is 1.67. The number of nitrogens with zero attached hydrogens (tertiary/aromatic N) is 3. The molecule has 0 unspecified atom stereocenters. The van der Waals surface area contributed by atoms with Crippen LogP contribution in [0.15, 0.2) is 91.1 Å². The molecule has 2 heterocycles. The molecule has 0 radical (unpaired) electrons. The first kappa shape index (κ1) is 18.5. The molecule has 0 amide bonds. The van der Waals surface area contributed by atoms with Crippen molar-refractivity contribution >= 4 is 27.6 Å². The molecule has 0 N–H and O–H groups in total. The van der Waals surface area contributed by atoms with E-state index in [0.717, 1.165) is 50.6 Å². The Labute approximate surface area is 185 Å². The van der Waals surface area contributed by atoms with Crippen molar-refractivity contribution in [1.29, 1.82) is 0 Å². The first-order valence-electron chi connectivity index (χ1n) is 10.5. The smallest absolute Gasteiger partial charge is 0.220 e. The van der Waals surface area contributed by atoms with E-state index in [-0.39, 0.29) is 0 Å². The summed E-state index contributed by atoms with van der Waals surface area (Å²) in [6.45, 7) is 0. The highest BCUT2D eigenvalue weighted by Gasteiger charge is 2.18. The standard InChI is InChI=1S/C27H21N3O2/c1-31-21-12-7-19(8-13-21)25-17-29-24-16-9-18-5-3-4-6-23(18)26(24)28-27(29)30(25)20-10-14-22(32-2)15-11-20/h3-17H,1-2H3. The molecule has 32 heavy (non-hydrogen) atoms. The van der Waals surface area contributed by atoms with Crippen LogP contribution in [0.2, 0.25) is 0 Å². The minimum atomic E-state index is 0.822. The maximum absolute atomic E-state index is 5.37. The fourth-order valence-electron chi connectivity index (χ4n) is 4.34. The normalized spacial score (nSPS) is 11.4. The zero-order chi connectivity index (χ0) is 21.7. The van der Waals surface area contributed by atoms with Gasteiger partial charge in [0, 0.05) is 22.8 Å². The minimum Gasteiger partial charge on any atom is -0.497 e. The van der Waals surface area contributed by atoms with Gasteiger partial charge in [0.25, 0.3) is 0 Å². The summed E-state index contributed by atoms with van der Waals surface area (Å²) < 4.78 is 15.1. The van der Waals surface area contributed by atoms with E-state index in [0.29, 0.717) is 0 Å². The summed E-state index contributed by atoms with van der Waals surface area (Å²) >= 11 is 0. The first-order valence-corrected chi connectivity index (χ1v) is 10.5. The van der Waals surface area contributed by atoms with Crippen LogP contribution >= 0.6 is 0 Å². The Bertz CT molecular complexity index is 1580. The molecule has 0 bridgehead atoms. The molecule has 0 aliphatic rings. The third kappa shape index (κ3) is 2.75. The summed E-state index contributed by atoms with van der Waals surface area (Å²) in [6.07, 6.45) is 2.16. The summed E-state index contributed by atoms with van der Waals surface area (Å²) in [4.78, 5) is 5.11. The van der Waals surface area contributed by atoms with Gasteiger partial charge in [0.15, 0.2) is 0 Å². The van der Waals surface area contributed by atoms with Gasteiger partial charge >= 0.3 is 0 Å². The van der Waals surface area contributed by atoms with Gasteiger partial charge in [-0.05, 0) is 60.0 Å². The molecule has 0 atom stereocenters. The van der Waals surface area contributed by atoms with Crippen LogP contribution in [0.25, 0.3) is 44.5 Å². The largest absolute Gasteiger partial charge is 0.497 e. The molecule has 6 aromatic rings. The minimum absolute atomic E-state index is 0.822. The lowest BCUT2D eigenvalue weighted by molar-refractivity contribution is 0.414. The molecule has 0 saturated carbocycles. The molecule has 156 valence electrons. The summed E-state index contributed by atoms with van der Waals surface area (Å²) in [6, 6.07) is 28.9. The zero-order valence-electron chi connectivity index (χ0n) is 17.8. The summed E-state index contributed by atoms with van der Waals surface area (Å²) in [5.41, 5.74) is 5.24. The maximum Gasteiger partial charge on any atom is 0.220 e. The van der Waals surface area contributed by atoms with Crippen molar-refractivity contribution in [2.45, 2.75) is 0 Å². The highest BCUT2D eigenvalue weighted by Crippen LogP contribution is 2.33. The van der Waals surface area contributed by atoms with Crippen LogP contribution in [0, 0.1) is 0 Å². The average molecular weight is 419 g/mol. The highest BCUT2D eigenvalue weighted by atomic mass is 16.5. The van der Waals surface area contributed by atoms with Crippen LogP contribution in [-0.2, 0) is 0 Å². The fraction of sp³-hybridized carbons (Fsp3) is 0.0741. The second-order valence-corrected chi connectivity index (χ2v) is 7.71. The average Bonchev–Trinajstić information content (AvgIpc) is 3.41. The van der Waals surface area contributed by atoms with Gasteiger partial charge in [-0.3, -0.25) is 8.97 Å². The Morgan fingerprint density at radius 2 is 1.41 bits per heavy atom. The van der Waals surface area contributed by atoms with Crippen LogP contribution in [0.1, 0.15) is 0 Å². The predicted octanol–water partition coefficient (Wildman–Crippen LogP) is 6.12. The van der Waals surface area contributed by atoms with Crippen molar-refractivity contribution in [2.24, 2.45) is 0 Å². The van der Waals surface area contributed by atoms with Crippen molar-refractivity contribution in [3.8, 4) is 28.4 Å². The van der Waals surface area contributed by atoms with Gasteiger partial charge in [-0.15, -0.1) is 0 Å². The van der Waals surface area contributed by atoms with Crippen LogP contribution in [0.5, 0.6) is 11.5 Å². The number of aromatic nitrogens is 3. The van der Waals surface area contributed by atoms with E-state index in [1.54, 1.807) is 14.2 Å². The van der Waals surface area contributed by atoms with Crippen molar-refractivity contribution < 1.29 is 9.47 Å². The van der Waals surface area contributed by atoms with Gasteiger partial charge in [0.05, 0.1) is 30.9 Å². The van der Waals surface area contributed by atoms with E-state index < -0.39 is 0 Å². The lowest BCUT2D eigenvalue weighted by atomic mass is 10.1. The van der Waals surface area contributed by atoms with Crippen LogP contribution in [0.3, 0.4) is 0 Å². The van der Waals surface area contributed by atoms with Crippen molar-refractivity contribution in [3.63, 3.8) is 0 Å². The summed E-state index contributed by atoms with van der Waals surface area (Å²) in [5, 5.41) is 2.34. The van der Waals surface area contributed by atoms with E-state index >= 15 is 0 Å². The Hall–Kier alpha value is -4.25. The van der Waals surface area contributed by atoms with Crippen LogP contribution in [0.4, 0.5) is 0 Å². The van der Waals surface area contributed by atoms with Crippen molar-refractivity contribution in [3.05, 3.63) is 91.1 Å². The van der Waals surface area contributed by atoms with E-state index in [1.165, 1.54) is 5.39 Å². The third-order valence-electron chi connectivity index (χ3n) is 5.97. The SMILES string of the molecule is COc1ccc(-c2cn3c4ccc5ccccc5c4nc3n2-c2ccc(OC)cc2)cc1. The van der Waals surface area contributed by atoms with E-state index in [1.807, 2.05) is 24.3 Å². The predicted molar refractivity (Wildman–Crippen MR) is 128 cm³/mol. The molecule has 0 aliphatic heterocycles. The Morgan fingerprint density at radius 3 is 2.12 bits per heavy atom. The lowest BCUT2D eigenvalue weighted by Gasteiger charge is -2.10. The highest BCUT2D eigenvalue weighted by molar-refractivity contribution is 6.05. The zero-order valence-corrected chi connectivity index (χ0v) is 17.8. The molecule has 5 heteroatoms. The Kier molecular flexibility index (Phi) is 4.15. The number of imidazole rings is 2. The molecule has 5 nitrogen and oxygen atoms in total. The first-order chi connectivity index (χ1) is 15.8. The number of benzene rings is 4. The quantitative estimate of drug-likeness (QED) is 0.346. The number of fused-ring (bicyclic) bond motifs is 5. The Morgan fingerprint density at radius 1 is 0.719 bits per heavy atom. The van der Waals surface area contributed by atoms with Gasteiger partial charge < -0.3 is 9.47 Å². The lowest BCUT2D eigenvalue weighted by Crippen LogP contribution is -1.98. The molecule has 0 fully saturated rings. The second kappa shape index (κ2) is 7.17. The van der Waals surface area contributed by atoms with Crippen molar-refractivity contribution in [2.75, 3.05) is 14.2 Å². The molecular weight excluding hydrogens is 398 g/mol. The molecule has 0 spiro atoms. The van der Waals surface area contributed by atoms with Gasteiger partial charge in [-0.25, -0.2) is 4.98 Å². The monoisotopic (exact) mass is 419 g/mol. The van der Waals surface area contributed by atoms with Crippen LogP contribution < -0.4 is 9.47 Å². The van der Waals surface area contributed by atoms with Crippen molar-refractivity contribution in [1.82, 2.24) is 14.0 Å². The number of ether oxygens (including phenoxy) is 2. The molecule has 2 aromatic heterocycles. The van der Waals surface area contributed by atoms with Crippen LogP contribution in [-0.4, -0.2) is 28.2 Å². The number of rotatable bonds is 4. The second-order valence-electron chi connectivity index (χ2n) is 7.71. The van der Waals surface area contributed by atoms with E-state index in [2.05, 4.69) is 75.8 Å². The number of hydrogen-bond acceptors (Lipinski definition) is 3. The number of hydrogen-bond donors (Lipinski definition) is 0. The van der Waals surface area contributed by atoms with E-state index in [4.69, 9.17) is 14.5 Å². The number of methoxy groups -OCH3 is 2. The molecule has 6 rings (SSSR count). The summed E-state index contributed by atoms with van der Waals surface area (Å²) in [5.74, 6) is 2.52. The van der Waals surface area contributed by atoms with Gasteiger partial charge in [-0.2, -0.15) is 0 Å². The molecule has 0 aliphatic carbocycles. The fourth-order valence-corrected chi connectivity index (χ4v) is 4.34. The summed E-state index contributed by atoms with van der Waals surface area (Å²) in [7, 11) is 3.36. The molecular formula is C27H21N3O2. The topological polar surface area (TPSA) is 40.7 Å². The molecule has 4 aromatic carbocycles. The van der Waals surface area contributed by atoms with E-state index in [9.17, 15) is 0 Å². The van der Waals surface area contributed by atoms with Gasteiger partial charge in [-0.1, -0.05) is 30.3 Å². The van der Waals surface area contributed by atoms with Gasteiger partial charge in [0.2, 0.25) is 5.78 Å². The molecule has 0 saturated heterocycles. The van der Waals surface area contributed by atoms with Gasteiger partial charge in [0.1, 0.15) is 11.5 Å². The maximum atomic E-state index is 5.37. The third-order valence-corrected chi connectivity index (χ3v) is 5.97.